The Bertz CT molecular complexity index is 888. The molecule has 0 N–H and O–H groups in total. The number of carbonyl (C=O) groups is 1. The smallest absolute Gasteiger partial charge is 0.335 e. The molecule has 0 aromatic rings. The third kappa shape index (κ3) is 5.30. The molecule has 224 valence electrons. The molecule has 0 aliphatic carbocycles. The highest BCUT2D eigenvalue weighted by Gasteiger charge is 2.85. The van der Waals surface area contributed by atoms with E-state index in [2.05, 4.69) is 4.74 Å². The summed E-state index contributed by atoms with van der Waals surface area (Å²) in [4.78, 5) is 13.5. The molecule has 3 atom stereocenters. The van der Waals surface area contributed by atoms with E-state index in [1.807, 2.05) is 0 Å². The summed E-state index contributed by atoms with van der Waals surface area (Å²) in [6, 6.07) is -0.784. The highest BCUT2D eigenvalue weighted by atomic mass is 19.4. The maximum atomic E-state index is 14.8. The van der Waals surface area contributed by atoms with E-state index in [1.54, 1.807) is 4.90 Å². The van der Waals surface area contributed by atoms with Gasteiger partial charge in [-0.05, 0) is 19.4 Å². The van der Waals surface area contributed by atoms with Crippen LogP contribution in [-0.4, -0.2) is 96.3 Å². The van der Waals surface area contributed by atoms with E-state index in [0.29, 0.717) is 13.0 Å². The lowest BCUT2D eigenvalue weighted by Gasteiger charge is -2.43. The molecular formula is C16H13F17N2O3. The molecule has 0 radical (unpaired) electrons. The molecule has 38 heavy (non-hydrogen) atoms. The first kappa shape index (κ1) is 32.4. The minimum Gasteiger partial charge on any atom is -0.335 e. The van der Waals surface area contributed by atoms with Crippen molar-refractivity contribution in [1.82, 2.24) is 9.80 Å². The van der Waals surface area contributed by atoms with Crippen molar-refractivity contribution >= 4 is 5.91 Å². The summed E-state index contributed by atoms with van der Waals surface area (Å²) >= 11 is 0. The first-order chi connectivity index (χ1) is 16.6. The quantitative estimate of drug-likeness (QED) is 0.377. The molecule has 2 saturated heterocycles. The fourth-order valence-corrected chi connectivity index (χ4v) is 3.53. The van der Waals surface area contributed by atoms with Crippen molar-refractivity contribution < 1.29 is 88.9 Å². The summed E-state index contributed by atoms with van der Waals surface area (Å²) in [7, 11) is 0. The minimum atomic E-state index is -8.01. The van der Waals surface area contributed by atoms with Crippen LogP contribution in [0.25, 0.3) is 0 Å². The predicted octanol–water partition coefficient (Wildman–Crippen LogP) is 5.17. The van der Waals surface area contributed by atoms with Crippen LogP contribution in [-0.2, 0) is 14.3 Å². The van der Waals surface area contributed by atoms with Gasteiger partial charge in [0, 0.05) is 25.7 Å². The van der Waals surface area contributed by atoms with Gasteiger partial charge in [-0.2, -0.15) is 74.6 Å². The second-order valence-corrected chi connectivity index (χ2v) is 8.08. The summed E-state index contributed by atoms with van der Waals surface area (Å²) in [5.74, 6) is -25.7. The van der Waals surface area contributed by atoms with Gasteiger partial charge < -0.3 is 4.90 Å². The van der Waals surface area contributed by atoms with Gasteiger partial charge in [0.15, 0.2) is 0 Å². The first-order valence-corrected chi connectivity index (χ1v) is 9.80. The molecule has 22 heteroatoms. The number of carbonyl (C=O) groups excluding carboxylic acids is 1. The van der Waals surface area contributed by atoms with Gasteiger partial charge in [-0.15, -0.1) is 0 Å². The Balaban J connectivity index is 2.52. The van der Waals surface area contributed by atoms with Crippen LogP contribution in [0.4, 0.5) is 74.6 Å². The molecule has 0 bridgehead atoms. The van der Waals surface area contributed by atoms with Crippen molar-refractivity contribution in [2.45, 2.75) is 67.3 Å². The predicted molar refractivity (Wildman–Crippen MR) is 84.0 cm³/mol. The van der Waals surface area contributed by atoms with Crippen molar-refractivity contribution in [2.24, 2.45) is 0 Å². The van der Waals surface area contributed by atoms with Crippen LogP contribution in [0, 0.1) is 0 Å². The van der Waals surface area contributed by atoms with E-state index in [1.165, 1.54) is 4.74 Å². The van der Waals surface area contributed by atoms with Gasteiger partial charge in [0.25, 0.3) is 5.91 Å². The fraction of sp³-hybridized carbons (Fsp3) is 0.938. The summed E-state index contributed by atoms with van der Waals surface area (Å²) in [6.07, 6.45) is -37.8. The Morgan fingerprint density at radius 1 is 0.632 bits per heavy atom. The van der Waals surface area contributed by atoms with E-state index < -0.39 is 73.4 Å². The molecule has 2 fully saturated rings. The number of hydrogen-bond acceptors (Lipinski definition) is 4. The Hall–Kier alpha value is -1.84. The molecule has 2 heterocycles. The van der Waals surface area contributed by atoms with Gasteiger partial charge in [-0.3, -0.25) is 19.2 Å². The molecule has 0 unspecified atom stereocenters. The third-order valence-corrected chi connectivity index (χ3v) is 5.51. The van der Waals surface area contributed by atoms with E-state index >= 15 is 0 Å². The lowest BCUT2D eigenvalue weighted by molar-refractivity contribution is -0.548. The number of piperazine rings is 1. The summed E-state index contributed by atoms with van der Waals surface area (Å²) < 4.78 is 228. The average molecular weight is 604 g/mol. The van der Waals surface area contributed by atoms with Crippen LogP contribution in [0.1, 0.15) is 12.8 Å². The van der Waals surface area contributed by atoms with Gasteiger partial charge >= 0.3 is 48.4 Å². The molecule has 0 spiro atoms. The van der Waals surface area contributed by atoms with E-state index in [-0.39, 0.29) is 17.9 Å². The number of ether oxygens (including phenoxy) is 2. The normalized spacial score (nSPS) is 24.1. The largest absolute Gasteiger partial charge is 0.462 e. The fourth-order valence-electron chi connectivity index (χ4n) is 3.53. The maximum absolute atomic E-state index is 14.8. The molecule has 0 saturated carbocycles. The molecule has 0 aromatic heterocycles. The number of rotatable bonds is 7. The standard InChI is InChI=1S/C16H13F17N2O3/c17-9(12(21,22)23,8(36)35-5-4-34-3-1-2-7(34)6-35)37-16(32,33)11(20,14(27,28)29)38-15(30,31)10(18,19)13(24,25)26/h7H,1-6H2/t7-,9+,11-/m1/s1. The van der Waals surface area contributed by atoms with Crippen LogP contribution in [0.15, 0.2) is 0 Å². The number of halogens is 17. The maximum Gasteiger partial charge on any atom is 0.462 e. The van der Waals surface area contributed by atoms with Gasteiger partial charge in [-0.1, -0.05) is 0 Å². The van der Waals surface area contributed by atoms with Gasteiger partial charge in [-0.25, -0.2) is 0 Å². The number of amides is 1. The van der Waals surface area contributed by atoms with Crippen LogP contribution in [0.2, 0.25) is 0 Å². The van der Waals surface area contributed by atoms with Crippen molar-refractivity contribution in [3.8, 4) is 0 Å². The number of alkyl halides is 17. The zero-order valence-electron chi connectivity index (χ0n) is 17.9. The molecule has 0 aromatic carbocycles. The van der Waals surface area contributed by atoms with Crippen molar-refractivity contribution in [3.05, 3.63) is 0 Å². The van der Waals surface area contributed by atoms with Gasteiger partial charge in [0.05, 0.1) is 0 Å². The summed E-state index contributed by atoms with van der Waals surface area (Å²) in [5, 5.41) is 0. The van der Waals surface area contributed by atoms with Crippen LogP contribution >= 0.6 is 0 Å². The topological polar surface area (TPSA) is 42.0 Å². The second kappa shape index (κ2) is 9.37. The molecule has 1 amide bonds. The minimum absolute atomic E-state index is 0.170. The van der Waals surface area contributed by atoms with Gasteiger partial charge in [0.2, 0.25) is 0 Å². The van der Waals surface area contributed by atoms with E-state index in [4.69, 9.17) is 0 Å². The Labute approximate surface area is 199 Å². The lowest BCUT2D eigenvalue weighted by Crippen LogP contribution is -2.69. The van der Waals surface area contributed by atoms with E-state index in [9.17, 15) is 79.4 Å². The van der Waals surface area contributed by atoms with Crippen LogP contribution in [0.5, 0.6) is 0 Å². The van der Waals surface area contributed by atoms with Crippen molar-refractivity contribution in [2.75, 3.05) is 26.2 Å². The third-order valence-electron chi connectivity index (χ3n) is 5.51. The Morgan fingerprint density at radius 2 is 1.16 bits per heavy atom. The van der Waals surface area contributed by atoms with Crippen LogP contribution < -0.4 is 0 Å². The number of hydrogen-bond donors (Lipinski definition) is 0. The molecular weight excluding hydrogens is 591 g/mol. The molecule has 2 aliphatic rings. The lowest BCUT2D eigenvalue weighted by atomic mass is 10.1. The van der Waals surface area contributed by atoms with Gasteiger partial charge in [0.1, 0.15) is 0 Å². The number of nitrogens with zero attached hydrogens (tertiary/aromatic N) is 2. The Morgan fingerprint density at radius 3 is 1.61 bits per heavy atom. The summed E-state index contributed by atoms with van der Waals surface area (Å²) in [6.45, 7) is -1.69. The molecule has 2 aliphatic heterocycles. The highest BCUT2D eigenvalue weighted by molar-refractivity contribution is 5.85. The highest BCUT2D eigenvalue weighted by Crippen LogP contribution is 2.56. The zero-order valence-corrected chi connectivity index (χ0v) is 17.9. The van der Waals surface area contributed by atoms with Crippen molar-refractivity contribution in [3.63, 3.8) is 0 Å². The molecule has 2 rings (SSSR count). The number of fused-ring (bicyclic) bond motifs is 1. The molecule has 5 nitrogen and oxygen atoms in total. The Kier molecular flexibility index (Phi) is 7.99. The first-order valence-electron chi connectivity index (χ1n) is 9.80. The van der Waals surface area contributed by atoms with Crippen LogP contribution in [0.3, 0.4) is 0 Å². The van der Waals surface area contributed by atoms with Crippen molar-refractivity contribution in [1.29, 1.82) is 0 Å². The second-order valence-electron chi connectivity index (χ2n) is 8.08. The summed E-state index contributed by atoms with van der Waals surface area (Å²) in [5.41, 5.74) is 0. The zero-order chi connectivity index (χ0) is 30.0. The monoisotopic (exact) mass is 604 g/mol. The average Bonchev–Trinajstić information content (AvgIpc) is 3.17. The SMILES string of the molecule is O=C(N1CCN2CCC[C@@H]2C1)[C@](F)(OC(F)(F)[C@](F)(OC(F)(F)C(F)(F)C(F)(F)F)C(F)(F)F)C(F)(F)F. The van der Waals surface area contributed by atoms with E-state index in [0.717, 1.165) is 0 Å².